The predicted molar refractivity (Wildman–Crippen MR) is 84.5 cm³/mol. The second-order valence-electron chi connectivity index (χ2n) is 4.82. The normalized spacial score (nSPS) is 10.9. The largest absolute Gasteiger partial charge is 0.368 e. The fourth-order valence-corrected chi connectivity index (χ4v) is 2.45. The van der Waals surface area contributed by atoms with E-state index >= 15 is 0 Å². The third kappa shape index (κ3) is 3.31. The molecule has 2 heterocycles. The van der Waals surface area contributed by atoms with E-state index in [9.17, 15) is 0 Å². The molecule has 0 saturated carbocycles. The van der Waals surface area contributed by atoms with Crippen molar-refractivity contribution in [2.24, 2.45) is 0 Å². The van der Waals surface area contributed by atoms with Gasteiger partial charge in [0.2, 0.25) is 0 Å². The molecular formula is C15H16ClN5. The zero-order chi connectivity index (χ0) is 14.5. The van der Waals surface area contributed by atoms with E-state index < -0.39 is 0 Å². The minimum absolute atomic E-state index is 0.441. The third-order valence-corrected chi connectivity index (χ3v) is 3.62. The van der Waals surface area contributed by atoms with Crippen molar-refractivity contribution in [1.29, 1.82) is 0 Å². The Kier molecular flexibility index (Phi) is 4.31. The minimum Gasteiger partial charge on any atom is -0.368 e. The number of hydrogen-bond donors (Lipinski definition) is 1. The highest BCUT2D eigenvalue weighted by Crippen LogP contribution is 2.25. The number of benzene rings is 1. The summed E-state index contributed by atoms with van der Waals surface area (Å²) < 4.78 is 2.08. The number of nitrogens with one attached hydrogen (secondary N) is 1. The van der Waals surface area contributed by atoms with Gasteiger partial charge in [-0.25, -0.2) is 4.98 Å². The molecule has 21 heavy (non-hydrogen) atoms. The summed E-state index contributed by atoms with van der Waals surface area (Å²) in [5, 5.41) is 13.8. The Hall–Kier alpha value is -2.14. The minimum atomic E-state index is 0.441. The van der Waals surface area contributed by atoms with Crippen molar-refractivity contribution >= 4 is 28.2 Å². The van der Waals surface area contributed by atoms with Crippen LogP contribution in [0, 0.1) is 0 Å². The second-order valence-corrected chi connectivity index (χ2v) is 5.18. The Morgan fingerprint density at radius 2 is 1.95 bits per heavy atom. The van der Waals surface area contributed by atoms with Crippen LogP contribution >= 0.6 is 11.6 Å². The van der Waals surface area contributed by atoms with Crippen molar-refractivity contribution in [1.82, 2.24) is 19.7 Å². The van der Waals surface area contributed by atoms with Gasteiger partial charge in [-0.15, -0.1) is 10.2 Å². The number of aryl methyl sites for hydroxylation is 1. The highest BCUT2D eigenvalue weighted by Gasteiger charge is 2.06. The van der Waals surface area contributed by atoms with Gasteiger partial charge in [0.25, 0.3) is 0 Å². The highest BCUT2D eigenvalue weighted by atomic mass is 35.5. The summed E-state index contributed by atoms with van der Waals surface area (Å²) in [6.45, 7) is 1.84. The van der Waals surface area contributed by atoms with Gasteiger partial charge in [0.15, 0.2) is 11.0 Å². The first-order chi connectivity index (χ1) is 10.3. The van der Waals surface area contributed by atoms with Crippen LogP contribution in [-0.2, 0) is 6.54 Å². The predicted octanol–water partition coefficient (Wildman–Crippen LogP) is 3.37. The Balaban J connectivity index is 1.57. The SMILES string of the molecule is Clc1nnc(NCCCCn2ccnc2)c2ccccc12. The Labute approximate surface area is 128 Å². The van der Waals surface area contributed by atoms with Gasteiger partial charge >= 0.3 is 0 Å². The van der Waals surface area contributed by atoms with Crippen LogP contribution < -0.4 is 5.32 Å². The number of anilines is 1. The molecule has 0 bridgehead atoms. The monoisotopic (exact) mass is 301 g/mol. The van der Waals surface area contributed by atoms with Crippen LogP contribution in [0.2, 0.25) is 5.15 Å². The van der Waals surface area contributed by atoms with Gasteiger partial charge in [-0.3, -0.25) is 0 Å². The third-order valence-electron chi connectivity index (χ3n) is 3.34. The molecule has 3 rings (SSSR count). The summed E-state index contributed by atoms with van der Waals surface area (Å²) in [4.78, 5) is 4.03. The summed E-state index contributed by atoms with van der Waals surface area (Å²) in [6.07, 6.45) is 7.75. The van der Waals surface area contributed by atoms with Crippen molar-refractivity contribution in [2.45, 2.75) is 19.4 Å². The first kappa shape index (κ1) is 13.8. The van der Waals surface area contributed by atoms with Gasteiger partial charge in [0.1, 0.15) is 0 Å². The fraction of sp³-hybridized carbons (Fsp3) is 0.267. The summed E-state index contributed by atoms with van der Waals surface area (Å²) in [6, 6.07) is 7.88. The maximum atomic E-state index is 6.06. The maximum Gasteiger partial charge on any atom is 0.159 e. The first-order valence-corrected chi connectivity index (χ1v) is 7.33. The average Bonchev–Trinajstić information content (AvgIpc) is 3.03. The maximum absolute atomic E-state index is 6.06. The van der Waals surface area contributed by atoms with Gasteiger partial charge in [-0.2, -0.15) is 0 Å². The molecule has 1 aromatic carbocycles. The lowest BCUT2D eigenvalue weighted by Gasteiger charge is -2.08. The van der Waals surface area contributed by atoms with Crippen LogP contribution in [0.4, 0.5) is 5.82 Å². The smallest absolute Gasteiger partial charge is 0.159 e. The van der Waals surface area contributed by atoms with Crippen LogP contribution in [-0.4, -0.2) is 26.3 Å². The number of halogens is 1. The zero-order valence-electron chi connectivity index (χ0n) is 11.5. The number of aromatic nitrogens is 4. The van der Waals surface area contributed by atoms with Crippen LogP contribution in [0.3, 0.4) is 0 Å². The topological polar surface area (TPSA) is 55.6 Å². The van der Waals surface area contributed by atoms with Crippen molar-refractivity contribution < 1.29 is 0 Å². The lowest BCUT2D eigenvalue weighted by molar-refractivity contribution is 0.620. The van der Waals surface area contributed by atoms with E-state index in [0.717, 1.165) is 42.5 Å². The molecule has 0 amide bonds. The van der Waals surface area contributed by atoms with E-state index in [1.807, 2.05) is 36.8 Å². The van der Waals surface area contributed by atoms with Crippen LogP contribution in [0.1, 0.15) is 12.8 Å². The summed E-state index contributed by atoms with van der Waals surface area (Å²) >= 11 is 6.06. The van der Waals surface area contributed by atoms with Gasteiger partial charge in [0.05, 0.1) is 6.33 Å². The molecule has 0 aliphatic heterocycles. The summed E-state index contributed by atoms with van der Waals surface area (Å²) in [5.41, 5.74) is 0. The van der Waals surface area contributed by atoms with E-state index in [1.165, 1.54) is 0 Å². The number of hydrogen-bond acceptors (Lipinski definition) is 4. The highest BCUT2D eigenvalue weighted by molar-refractivity contribution is 6.34. The molecular weight excluding hydrogens is 286 g/mol. The van der Waals surface area contributed by atoms with Gasteiger partial charge in [-0.05, 0) is 12.8 Å². The van der Waals surface area contributed by atoms with Crippen molar-refractivity contribution in [3.8, 4) is 0 Å². The summed E-state index contributed by atoms with van der Waals surface area (Å²) in [5.74, 6) is 0.789. The summed E-state index contributed by atoms with van der Waals surface area (Å²) in [7, 11) is 0. The molecule has 0 aliphatic rings. The second kappa shape index (κ2) is 6.54. The lowest BCUT2D eigenvalue weighted by atomic mass is 10.2. The van der Waals surface area contributed by atoms with Gasteiger partial charge in [-0.1, -0.05) is 35.9 Å². The quantitative estimate of drug-likeness (QED) is 0.709. The van der Waals surface area contributed by atoms with Crippen LogP contribution in [0.5, 0.6) is 0 Å². The van der Waals surface area contributed by atoms with Crippen molar-refractivity contribution in [2.75, 3.05) is 11.9 Å². The molecule has 5 nitrogen and oxygen atoms in total. The first-order valence-electron chi connectivity index (χ1n) is 6.95. The molecule has 0 saturated heterocycles. The molecule has 0 radical (unpaired) electrons. The number of unbranched alkanes of at least 4 members (excludes halogenated alkanes) is 1. The van der Waals surface area contributed by atoms with E-state index in [1.54, 1.807) is 6.20 Å². The number of fused-ring (bicyclic) bond motifs is 1. The molecule has 0 spiro atoms. The molecule has 1 N–H and O–H groups in total. The van der Waals surface area contributed by atoms with Crippen molar-refractivity contribution in [3.05, 3.63) is 48.1 Å². The van der Waals surface area contributed by atoms with Gasteiger partial charge in [0, 0.05) is 36.3 Å². The molecule has 3 aromatic rings. The lowest BCUT2D eigenvalue weighted by Crippen LogP contribution is -2.06. The Bertz CT molecular complexity index is 711. The number of rotatable bonds is 6. The van der Waals surface area contributed by atoms with E-state index in [0.29, 0.717) is 5.15 Å². The van der Waals surface area contributed by atoms with Gasteiger partial charge < -0.3 is 9.88 Å². The molecule has 0 aliphatic carbocycles. The zero-order valence-corrected chi connectivity index (χ0v) is 12.3. The van der Waals surface area contributed by atoms with Crippen molar-refractivity contribution in [3.63, 3.8) is 0 Å². The van der Waals surface area contributed by atoms with E-state index in [2.05, 4.69) is 25.1 Å². The molecule has 0 atom stereocenters. The molecule has 0 fully saturated rings. The average molecular weight is 302 g/mol. The molecule has 108 valence electrons. The molecule has 0 unspecified atom stereocenters. The molecule has 2 aromatic heterocycles. The van der Waals surface area contributed by atoms with E-state index in [4.69, 9.17) is 11.6 Å². The Morgan fingerprint density at radius 1 is 1.10 bits per heavy atom. The van der Waals surface area contributed by atoms with Crippen LogP contribution in [0.15, 0.2) is 43.0 Å². The Morgan fingerprint density at radius 3 is 2.76 bits per heavy atom. The standard InChI is InChI=1S/C15H16ClN5/c16-14-12-5-1-2-6-13(12)15(20-19-14)18-7-3-4-9-21-10-8-17-11-21/h1-2,5-6,8,10-11H,3-4,7,9H2,(H,18,20). The van der Waals surface area contributed by atoms with Crippen LogP contribution in [0.25, 0.3) is 10.8 Å². The number of nitrogens with zero attached hydrogens (tertiary/aromatic N) is 4. The fourth-order valence-electron chi connectivity index (χ4n) is 2.25. The number of imidazole rings is 1. The molecule has 6 heteroatoms. The van der Waals surface area contributed by atoms with E-state index in [-0.39, 0.29) is 0 Å².